The standard InChI is InChI=1S/C24H32FN3O2/c1-4-30-24(29)23-21(22(23)18-7-5-6-8-19(18)25)17-9-10-20(26-15-17)28-13-11-27(12-14-28)16(2)3/h5-6,8-10,15-16,18,21-23H,4,7,11-14H2,1-3H3/t18?,21-,22-,23+/m1/s1. The highest BCUT2D eigenvalue weighted by Crippen LogP contribution is 2.61. The number of allylic oxidation sites excluding steroid dienone is 4. The van der Waals surface area contributed by atoms with E-state index in [0.29, 0.717) is 19.1 Å². The summed E-state index contributed by atoms with van der Waals surface area (Å²) in [7, 11) is 0. The average molecular weight is 414 g/mol. The fourth-order valence-electron chi connectivity index (χ4n) is 5.02. The second-order valence-electron chi connectivity index (χ2n) is 8.77. The van der Waals surface area contributed by atoms with Crippen LogP contribution in [0.1, 0.15) is 38.7 Å². The van der Waals surface area contributed by atoms with Crippen LogP contribution in [0.15, 0.2) is 42.4 Å². The maximum Gasteiger partial charge on any atom is 0.309 e. The number of hydrogen-bond donors (Lipinski definition) is 0. The monoisotopic (exact) mass is 413 g/mol. The lowest BCUT2D eigenvalue weighted by atomic mass is 9.91. The summed E-state index contributed by atoms with van der Waals surface area (Å²) < 4.78 is 19.8. The van der Waals surface area contributed by atoms with Crippen molar-refractivity contribution in [3.63, 3.8) is 0 Å². The molecule has 0 amide bonds. The van der Waals surface area contributed by atoms with Gasteiger partial charge in [-0.05, 0) is 50.8 Å². The summed E-state index contributed by atoms with van der Waals surface area (Å²) in [5.41, 5.74) is 1.00. The summed E-state index contributed by atoms with van der Waals surface area (Å²) in [5.74, 6) is -0.0121. The number of rotatable bonds is 6. The second kappa shape index (κ2) is 8.88. The van der Waals surface area contributed by atoms with Gasteiger partial charge in [-0.1, -0.05) is 18.2 Å². The molecule has 4 rings (SSSR count). The maximum atomic E-state index is 14.5. The van der Waals surface area contributed by atoms with Crippen LogP contribution < -0.4 is 4.90 Å². The van der Waals surface area contributed by atoms with Gasteiger partial charge >= 0.3 is 5.97 Å². The van der Waals surface area contributed by atoms with E-state index in [1.54, 1.807) is 6.08 Å². The van der Waals surface area contributed by atoms with E-state index in [0.717, 1.165) is 37.6 Å². The fraction of sp³-hybridized carbons (Fsp3) is 0.583. The van der Waals surface area contributed by atoms with Gasteiger partial charge in [0.05, 0.1) is 12.5 Å². The Kier molecular flexibility index (Phi) is 6.23. The molecule has 1 saturated carbocycles. The first-order valence-corrected chi connectivity index (χ1v) is 11.1. The van der Waals surface area contributed by atoms with Crippen molar-refractivity contribution >= 4 is 11.8 Å². The van der Waals surface area contributed by atoms with Crippen LogP contribution in [0, 0.1) is 17.8 Å². The van der Waals surface area contributed by atoms with Crippen LogP contribution in [0.5, 0.6) is 0 Å². The van der Waals surface area contributed by atoms with Gasteiger partial charge in [-0.15, -0.1) is 0 Å². The number of halogens is 1. The number of carbonyl (C=O) groups is 1. The Morgan fingerprint density at radius 2 is 2.03 bits per heavy atom. The average Bonchev–Trinajstić information content (AvgIpc) is 3.50. The minimum absolute atomic E-state index is 0.0287. The van der Waals surface area contributed by atoms with E-state index in [2.05, 4.69) is 29.7 Å². The number of carbonyl (C=O) groups excluding carboxylic acids is 1. The predicted molar refractivity (Wildman–Crippen MR) is 116 cm³/mol. The lowest BCUT2D eigenvalue weighted by molar-refractivity contribution is -0.145. The topological polar surface area (TPSA) is 45.7 Å². The van der Waals surface area contributed by atoms with Gasteiger partial charge in [0.25, 0.3) is 0 Å². The third kappa shape index (κ3) is 4.15. The van der Waals surface area contributed by atoms with Crippen LogP contribution in [0.2, 0.25) is 0 Å². The van der Waals surface area contributed by atoms with E-state index in [1.165, 1.54) is 6.08 Å². The van der Waals surface area contributed by atoms with Crippen molar-refractivity contribution in [1.29, 1.82) is 0 Å². The van der Waals surface area contributed by atoms with Crippen LogP contribution in [-0.2, 0) is 9.53 Å². The molecule has 2 heterocycles. The van der Waals surface area contributed by atoms with Gasteiger partial charge in [0.2, 0.25) is 0 Å². The lowest BCUT2D eigenvalue weighted by Gasteiger charge is -2.37. The van der Waals surface area contributed by atoms with Gasteiger partial charge in [-0.3, -0.25) is 9.69 Å². The molecule has 0 spiro atoms. The molecule has 2 aliphatic carbocycles. The number of ether oxygens (including phenoxy) is 1. The number of aromatic nitrogens is 1. The molecule has 1 aliphatic heterocycles. The third-order valence-electron chi connectivity index (χ3n) is 6.76. The van der Waals surface area contributed by atoms with Crippen LogP contribution in [0.3, 0.4) is 0 Å². The highest BCUT2D eigenvalue weighted by Gasteiger charge is 2.60. The number of hydrogen-bond acceptors (Lipinski definition) is 5. The zero-order valence-electron chi connectivity index (χ0n) is 18.1. The number of anilines is 1. The Morgan fingerprint density at radius 3 is 2.63 bits per heavy atom. The molecule has 30 heavy (non-hydrogen) atoms. The zero-order chi connectivity index (χ0) is 21.3. The van der Waals surface area contributed by atoms with Gasteiger partial charge in [0.1, 0.15) is 11.6 Å². The summed E-state index contributed by atoms with van der Waals surface area (Å²) in [6.07, 6.45) is 7.75. The fourth-order valence-corrected chi connectivity index (χ4v) is 5.02. The first-order valence-electron chi connectivity index (χ1n) is 11.1. The van der Waals surface area contributed by atoms with Gasteiger partial charge in [0, 0.05) is 50.3 Å². The summed E-state index contributed by atoms with van der Waals surface area (Å²) >= 11 is 0. The number of esters is 1. The Morgan fingerprint density at radius 1 is 1.27 bits per heavy atom. The Balaban J connectivity index is 1.47. The molecule has 5 nitrogen and oxygen atoms in total. The van der Waals surface area contributed by atoms with Crippen molar-refractivity contribution < 1.29 is 13.9 Å². The summed E-state index contributed by atoms with van der Waals surface area (Å²) in [6.45, 7) is 10.6. The van der Waals surface area contributed by atoms with Crippen LogP contribution in [0.4, 0.5) is 10.2 Å². The molecule has 0 radical (unpaired) electrons. The zero-order valence-corrected chi connectivity index (χ0v) is 18.1. The molecular weight excluding hydrogens is 381 g/mol. The molecular formula is C24H32FN3O2. The van der Waals surface area contributed by atoms with Gasteiger partial charge in [-0.25, -0.2) is 9.37 Å². The summed E-state index contributed by atoms with van der Waals surface area (Å²) in [5, 5.41) is 0. The highest BCUT2D eigenvalue weighted by molar-refractivity contribution is 5.78. The number of nitrogens with zero attached hydrogens (tertiary/aromatic N) is 3. The van der Waals surface area contributed by atoms with Crippen molar-refractivity contribution in [3.8, 4) is 0 Å². The highest BCUT2D eigenvalue weighted by atomic mass is 19.1. The molecule has 2 fully saturated rings. The molecule has 6 heteroatoms. The minimum Gasteiger partial charge on any atom is -0.466 e. The van der Waals surface area contributed by atoms with Crippen LogP contribution in [0.25, 0.3) is 0 Å². The number of pyridine rings is 1. The summed E-state index contributed by atoms with van der Waals surface area (Å²) in [4.78, 5) is 22.0. The van der Waals surface area contributed by atoms with Crippen molar-refractivity contribution in [2.24, 2.45) is 17.8 Å². The molecule has 162 valence electrons. The van der Waals surface area contributed by atoms with E-state index >= 15 is 0 Å². The largest absolute Gasteiger partial charge is 0.466 e. The molecule has 1 aromatic rings. The Labute approximate surface area is 178 Å². The van der Waals surface area contributed by atoms with Gasteiger partial charge in [-0.2, -0.15) is 0 Å². The molecule has 4 atom stereocenters. The van der Waals surface area contributed by atoms with E-state index in [4.69, 9.17) is 9.72 Å². The van der Waals surface area contributed by atoms with E-state index < -0.39 is 0 Å². The van der Waals surface area contributed by atoms with Gasteiger partial charge < -0.3 is 9.64 Å². The number of piperazine rings is 1. The molecule has 1 aromatic heterocycles. The van der Waals surface area contributed by atoms with E-state index in [-0.39, 0.29) is 35.5 Å². The lowest BCUT2D eigenvalue weighted by Crippen LogP contribution is -2.49. The maximum absolute atomic E-state index is 14.5. The molecule has 3 aliphatic rings. The molecule has 0 aromatic carbocycles. The molecule has 0 N–H and O–H groups in total. The van der Waals surface area contributed by atoms with E-state index in [1.807, 2.05) is 25.3 Å². The van der Waals surface area contributed by atoms with Crippen LogP contribution in [-0.4, -0.2) is 54.7 Å². The second-order valence-corrected chi connectivity index (χ2v) is 8.77. The first kappa shape index (κ1) is 21.0. The Bertz CT molecular complexity index is 812. The summed E-state index contributed by atoms with van der Waals surface area (Å²) in [6, 6.07) is 4.68. The SMILES string of the molecule is CCOC(=O)[C@H]1[C@H](c2ccc(N3CCN(C(C)C)CC3)nc2)[C@H]1C1CC=CC=C1F. The van der Waals surface area contributed by atoms with Crippen molar-refractivity contribution in [2.45, 2.75) is 39.2 Å². The Hall–Kier alpha value is -2.21. The van der Waals surface area contributed by atoms with Crippen LogP contribution >= 0.6 is 0 Å². The quantitative estimate of drug-likeness (QED) is 0.661. The molecule has 1 saturated heterocycles. The smallest absolute Gasteiger partial charge is 0.309 e. The van der Waals surface area contributed by atoms with Crippen molar-refractivity contribution in [3.05, 3.63) is 47.9 Å². The normalized spacial score (nSPS) is 29.1. The predicted octanol–water partition coefficient (Wildman–Crippen LogP) is 3.93. The van der Waals surface area contributed by atoms with Gasteiger partial charge in [0.15, 0.2) is 0 Å². The third-order valence-corrected chi connectivity index (χ3v) is 6.76. The van der Waals surface area contributed by atoms with E-state index in [9.17, 15) is 9.18 Å². The molecule has 1 unspecified atom stereocenters. The van der Waals surface area contributed by atoms with Crippen molar-refractivity contribution in [1.82, 2.24) is 9.88 Å². The first-order chi connectivity index (χ1) is 14.5. The minimum atomic E-state index is -0.289. The molecule has 0 bridgehead atoms. The van der Waals surface area contributed by atoms with Crippen molar-refractivity contribution in [2.75, 3.05) is 37.7 Å².